The maximum Gasteiger partial charge on any atom is 0.141 e. The number of unbranched alkanes of at least 4 members (excludes halogenated alkanes) is 11. The molecule has 0 rings (SSSR count). The summed E-state index contributed by atoms with van der Waals surface area (Å²) in [6.07, 6.45) is 18.8. The van der Waals surface area contributed by atoms with E-state index in [1.54, 1.807) is 0 Å². The lowest BCUT2D eigenvalue weighted by Crippen LogP contribution is -2.12. The molecule has 1 unspecified atom stereocenters. The molecule has 0 aliphatic carbocycles. The molecule has 0 bridgehead atoms. The predicted molar refractivity (Wildman–Crippen MR) is 97.7 cm³/mol. The Morgan fingerprint density at radius 1 is 0.857 bits per heavy atom. The van der Waals surface area contributed by atoms with Crippen LogP contribution >= 0.6 is 0 Å². The first-order valence-electron chi connectivity index (χ1n) is 8.84. The number of hydrogen-bond acceptors (Lipinski definition) is 3. The van der Waals surface area contributed by atoms with E-state index in [4.69, 9.17) is 15.4 Å². The molecule has 0 spiro atoms. The van der Waals surface area contributed by atoms with Gasteiger partial charge in [0.25, 0.3) is 0 Å². The van der Waals surface area contributed by atoms with E-state index < -0.39 is 8.77 Å². The van der Waals surface area contributed by atoms with Crippen molar-refractivity contribution in [2.75, 3.05) is 6.26 Å². The maximum absolute atomic E-state index is 11.3. The van der Waals surface area contributed by atoms with Crippen molar-refractivity contribution in [1.82, 2.24) is 0 Å². The average molecular weight is 337 g/mol. The minimum Gasteiger partial charge on any atom is -0.287 e. The Kier molecular flexibility index (Phi) is 14.2. The second-order valence-corrected chi connectivity index (χ2v) is 9.71. The van der Waals surface area contributed by atoms with E-state index in [9.17, 15) is 4.21 Å². The fourth-order valence-electron chi connectivity index (χ4n) is 2.62. The van der Waals surface area contributed by atoms with Crippen LogP contribution in [0.25, 0.3) is 0 Å². The van der Waals surface area contributed by atoms with Crippen LogP contribution in [-0.2, 0) is 24.1 Å². The topological polar surface area (TPSA) is 26.3 Å². The monoisotopic (exact) mass is 336 g/mol. The molecule has 2 atom stereocenters. The van der Waals surface area contributed by atoms with Crippen molar-refractivity contribution < 1.29 is 8.39 Å². The molecule has 0 fully saturated rings. The number of rotatable bonds is 15. The number of hydrogen-bond donors (Lipinski definition) is 0. The summed E-state index contributed by atoms with van der Waals surface area (Å²) >= 11 is 4.76. The molecule has 0 saturated carbocycles. The van der Waals surface area contributed by atoms with Crippen LogP contribution in [-0.4, -0.2) is 16.6 Å². The Bertz CT molecular complexity index is 313. The van der Waals surface area contributed by atoms with E-state index in [1.807, 2.05) is 6.92 Å². The Balaban J connectivity index is 3.19. The van der Waals surface area contributed by atoms with Gasteiger partial charge in [0.15, 0.2) is 0 Å². The van der Waals surface area contributed by atoms with E-state index in [2.05, 4.69) is 6.92 Å². The van der Waals surface area contributed by atoms with Gasteiger partial charge in [-0.05, 0) is 13.3 Å². The molecule has 0 aromatic heterocycles. The summed E-state index contributed by atoms with van der Waals surface area (Å²) in [7, 11) is -2.46. The molecule has 0 aromatic carbocycles. The van der Waals surface area contributed by atoms with Gasteiger partial charge in [-0.15, -0.1) is 0 Å². The highest BCUT2D eigenvalue weighted by molar-refractivity contribution is 8.29. The van der Waals surface area contributed by atoms with Crippen molar-refractivity contribution in [3.8, 4) is 0 Å². The minimum absolute atomic E-state index is 0.0307. The van der Waals surface area contributed by atoms with Crippen molar-refractivity contribution in [1.29, 1.82) is 0 Å². The molecular formula is C17H36O2S2. The lowest BCUT2D eigenvalue weighted by molar-refractivity contribution is 0.230. The van der Waals surface area contributed by atoms with Crippen LogP contribution in [0, 0.1) is 0 Å². The lowest BCUT2D eigenvalue weighted by Gasteiger charge is -2.12. The van der Waals surface area contributed by atoms with Gasteiger partial charge in [0, 0.05) is 17.4 Å². The van der Waals surface area contributed by atoms with Crippen LogP contribution in [0.2, 0.25) is 0 Å². The van der Waals surface area contributed by atoms with Crippen molar-refractivity contribution in [3.05, 3.63) is 0 Å². The molecule has 21 heavy (non-hydrogen) atoms. The molecule has 0 aliphatic rings. The fraction of sp³-hybridized carbons (Fsp3) is 1.00. The third kappa shape index (κ3) is 18.3. The summed E-state index contributed by atoms with van der Waals surface area (Å²) in [6, 6.07) is 0. The minimum atomic E-state index is -2.46. The van der Waals surface area contributed by atoms with Crippen LogP contribution in [0.1, 0.15) is 97.3 Å². The van der Waals surface area contributed by atoms with Gasteiger partial charge >= 0.3 is 0 Å². The molecule has 0 N–H and O–H groups in total. The Morgan fingerprint density at radius 3 is 1.62 bits per heavy atom. The summed E-state index contributed by atoms with van der Waals surface area (Å²) < 4.78 is 16.6. The largest absolute Gasteiger partial charge is 0.287 e. The van der Waals surface area contributed by atoms with Crippen molar-refractivity contribution >= 4 is 20.0 Å². The van der Waals surface area contributed by atoms with E-state index in [0.29, 0.717) is 0 Å². The van der Waals surface area contributed by atoms with Crippen molar-refractivity contribution in [3.63, 3.8) is 0 Å². The maximum atomic E-state index is 11.3. The van der Waals surface area contributed by atoms with Crippen molar-refractivity contribution in [2.45, 2.75) is 103 Å². The van der Waals surface area contributed by atoms with E-state index >= 15 is 0 Å². The van der Waals surface area contributed by atoms with Gasteiger partial charge < -0.3 is 0 Å². The Hall–Kier alpha value is 0.330. The highest BCUT2D eigenvalue weighted by Crippen LogP contribution is 2.14. The van der Waals surface area contributed by atoms with Gasteiger partial charge in [0.2, 0.25) is 0 Å². The second kappa shape index (κ2) is 14.0. The Morgan fingerprint density at radius 2 is 1.24 bits per heavy atom. The molecule has 4 heteroatoms. The van der Waals surface area contributed by atoms with Crippen LogP contribution in [0.3, 0.4) is 0 Å². The smallest absolute Gasteiger partial charge is 0.141 e. The van der Waals surface area contributed by atoms with E-state index in [1.165, 1.54) is 76.9 Å². The molecule has 0 aromatic rings. The fourth-order valence-corrected chi connectivity index (χ4v) is 3.71. The van der Waals surface area contributed by atoms with Crippen LogP contribution in [0.5, 0.6) is 0 Å². The van der Waals surface area contributed by atoms with Gasteiger partial charge in [-0.2, -0.15) is 0 Å². The van der Waals surface area contributed by atoms with Crippen molar-refractivity contribution in [2.24, 2.45) is 0 Å². The van der Waals surface area contributed by atoms with Crippen LogP contribution in [0.15, 0.2) is 0 Å². The SMILES string of the molecule is CCCCCCCCCCCCCC[C@@H](C)OS(C)(=O)=S. The lowest BCUT2D eigenvalue weighted by atomic mass is 10.0. The standard InChI is InChI=1S/C17H36O2S2/c1-4-5-6-7-8-9-10-11-12-13-14-15-16-17(2)19-21(3,18)20/h17H,4-16H2,1-3H3/t17-,21?/m1/s1. The first-order chi connectivity index (χ1) is 9.95. The van der Waals surface area contributed by atoms with Crippen LogP contribution < -0.4 is 0 Å². The highest BCUT2D eigenvalue weighted by atomic mass is 32.8. The normalized spacial score (nSPS) is 15.8. The summed E-state index contributed by atoms with van der Waals surface area (Å²) in [5, 5.41) is 0. The molecule has 0 heterocycles. The van der Waals surface area contributed by atoms with E-state index in [0.717, 1.165) is 12.8 Å². The third-order valence-electron chi connectivity index (χ3n) is 3.80. The highest BCUT2D eigenvalue weighted by Gasteiger charge is 2.06. The third-order valence-corrected chi connectivity index (χ3v) is 4.72. The first-order valence-corrected chi connectivity index (χ1v) is 11.7. The molecule has 128 valence electrons. The molecule has 0 saturated heterocycles. The molecule has 0 radical (unpaired) electrons. The predicted octanol–water partition coefficient (Wildman–Crippen LogP) is 5.77. The zero-order valence-corrected chi connectivity index (χ0v) is 16.0. The van der Waals surface area contributed by atoms with Crippen LogP contribution in [0.4, 0.5) is 0 Å². The molecule has 0 amide bonds. The second-order valence-electron chi connectivity index (χ2n) is 6.29. The molecule has 0 aliphatic heterocycles. The van der Waals surface area contributed by atoms with Gasteiger partial charge in [0.1, 0.15) is 8.77 Å². The summed E-state index contributed by atoms with van der Waals surface area (Å²) in [4.78, 5) is 0. The Labute approximate surface area is 138 Å². The quantitative estimate of drug-likeness (QED) is 0.355. The first kappa shape index (κ1) is 21.3. The zero-order valence-electron chi connectivity index (χ0n) is 14.4. The molecular weight excluding hydrogens is 300 g/mol. The summed E-state index contributed by atoms with van der Waals surface area (Å²) in [5.74, 6) is 0. The average Bonchev–Trinajstić information content (AvgIpc) is 2.38. The summed E-state index contributed by atoms with van der Waals surface area (Å²) in [5.41, 5.74) is 0. The molecule has 2 nitrogen and oxygen atoms in total. The zero-order chi connectivity index (χ0) is 16.0. The van der Waals surface area contributed by atoms with E-state index in [-0.39, 0.29) is 6.10 Å². The van der Waals surface area contributed by atoms with Gasteiger partial charge in [-0.25, -0.2) is 4.21 Å². The van der Waals surface area contributed by atoms with Gasteiger partial charge in [-0.1, -0.05) is 84.0 Å². The van der Waals surface area contributed by atoms with Gasteiger partial charge in [-0.3, -0.25) is 4.18 Å². The van der Waals surface area contributed by atoms with Gasteiger partial charge in [0.05, 0.1) is 6.10 Å². The summed E-state index contributed by atoms with van der Waals surface area (Å²) in [6.45, 7) is 4.23.